The Hall–Kier alpha value is -2.25. The molecule has 0 aliphatic heterocycles. The molecule has 1 heterocycles. The summed E-state index contributed by atoms with van der Waals surface area (Å²) in [5.74, 6) is -0.293. The van der Waals surface area contributed by atoms with Crippen molar-refractivity contribution in [3.8, 4) is 0 Å². The molecule has 1 atom stereocenters. The van der Waals surface area contributed by atoms with Gasteiger partial charge in [-0.1, -0.05) is 18.2 Å². The van der Waals surface area contributed by atoms with E-state index >= 15 is 0 Å². The fourth-order valence-electron chi connectivity index (χ4n) is 1.80. The molecule has 0 aliphatic rings. The van der Waals surface area contributed by atoms with Crippen molar-refractivity contribution in [1.29, 1.82) is 0 Å². The Labute approximate surface area is 123 Å². The number of nitrogens with one attached hydrogen (secondary N) is 1. The van der Waals surface area contributed by atoms with Crippen LogP contribution in [0.4, 0.5) is 0 Å². The number of amides is 1. The Morgan fingerprint density at radius 3 is 2.38 bits per heavy atom. The van der Waals surface area contributed by atoms with Gasteiger partial charge < -0.3 is 5.32 Å². The molecule has 2 rings (SSSR count). The van der Waals surface area contributed by atoms with Crippen molar-refractivity contribution >= 4 is 15.9 Å². The summed E-state index contributed by atoms with van der Waals surface area (Å²) < 4.78 is 22.4. The molecule has 21 heavy (non-hydrogen) atoms. The van der Waals surface area contributed by atoms with Gasteiger partial charge in [0.25, 0.3) is 5.91 Å². The molecule has 110 valence electrons. The predicted octanol–water partition coefficient (Wildman–Crippen LogP) is 1.22. The van der Waals surface area contributed by atoms with Crippen LogP contribution in [0.5, 0.6) is 0 Å². The number of hydrogen-bond acceptors (Lipinski definition) is 4. The molecule has 3 N–H and O–H groups in total. The number of carbonyl (C=O) groups is 1. The summed E-state index contributed by atoms with van der Waals surface area (Å²) in [7, 11) is -3.71. The minimum absolute atomic E-state index is 0.0366. The van der Waals surface area contributed by atoms with Crippen molar-refractivity contribution in [2.45, 2.75) is 17.9 Å². The highest BCUT2D eigenvalue weighted by Gasteiger charge is 2.13. The van der Waals surface area contributed by atoms with E-state index in [2.05, 4.69) is 10.3 Å². The van der Waals surface area contributed by atoms with Crippen LogP contribution in [-0.2, 0) is 10.0 Å². The Bertz CT molecular complexity index is 728. The largest absolute Gasteiger partial charge is 0.344 e. The lowest BCUT2D eigenvalue weighted by Crippen LogP contribution is -2.27. The smallest absolute Gasteiger partial charge is 0.270 e. The SMILES string of the molecule is C[C@H](NC(=O)c1ccccn1)c1ccc(S(N)(=O)=O)cc1. The van der Waals surface area contributed by atoms with Gasteiger partial charge in [-0.2, -0.15) is 0 Å². The Morgan fingerprint density at radius 2 is 1.86 bits per heavy atom. The van der Waals surface area contributed by atoms with Gasteiger partial charge in [-0.15, -0.1) is 0 Å². The van der Waals surface area contributed by atoms with E-state index in [4.69, 9.17) is 5.14 Å². The summed E-state index contributed by atoms with van der Waals surface area (Å²) in [6.45, 7) is 1.80. The van der Waals surface area contributed by atoms with Crippen LogP contribution < -0.4 is 10.5 Å². The first-order valence-electron chi connectivity index (χ1n) is 6.22. The van der Waals surface area contributed by atoms with Crippen LogP contribution in [0.3, 0.4) is 0 Å². The molecule has 1 amide bonds. The minimum atomic E-state index is -3.71. The molecule has 1 aromatic heterocycles. The van der Waals surface area contributed by atoms with Crippen molar-refractivity contribution in [1.82, 2.24) is 10.3 Å². The molecule has 7 heteroatoms. The van der Waals surface area contributed by atoms with Crippen LogP contribution >= 0.6 is 0 Å². The zero-order valence-corrected chi connectivity index (χ0v) is 12.2. The molecule has 0 aliphatic carbocycles. The molecule has 2 aromatic rings. The fraction of sp³-hybridized carbons (Fsp3) is 0.143. The second-order valence-corrected chi connectivity index (χ2v) is 6.09. The van der Waals surface area contributed by atoms with E-state index in [1.807, 2.05) is 0 Å². The lowest BCUT2D eigenvalue weighted by Gasteiger charge is -2.14. The maximum absolute atomic E-state index is 12.0. The third-order valence-corrected chi connectivity index (χ3v) is 3.88. The number of primary sulfonamides is 1. The van der Waals surface area contributed by atoms with Crippen molar-refractivity contribution < 1.29 is 13.2 Å². The number of rotatable bonds is 4. The van der Waals surface area contributed by atoms with E-state index in [-0.39, 0.29) is 16.8 Å². The van der Waals surface area contributed by atoms with E-state index in [1.54, 1.807) is 43.5 Å². The number of aromatic nitrogens is 1. The Kier molecular flexibility index (Phi) is 4.35. The van der Waals surface area contributed by atoms with E-state index in [1.165, 1.54) is 12.1 Å². The van der Waals surface area contributed by atoms with E-state index < -0.39 is 10.0 Å². The third kappa shape index (κ3) is 3.87. The molecule has 0 saturated heterocycles. The fourth-order valence-corrected chi connectivity index (χ4v) is 2.31. The normalized spacial score (nSPS) is 12.7. The van der Waals surface area contributed by atoms with Crippen LogP contribution in [0.2, 0.25) is 0 Å². The average Bonchev–Trinajstić information content (AvgIpc) is 2.47. The van der Waals surface area contributed by atoms with Crippen LogP contribution in [0.15, 0.2) is 53.6 Å². The topological polar surface area (TPSA) is 102 Å². The van der Waals surface area contributed by atoms with Gasteiger partial charge in [0.15, 0.2) is 0 Å². The molecule has 0 bridgehead atoms. The van der Waals surface area contributed by atoms with Gasteiger partial charge in [0, 0.05) is 6.20 Å². The highest BCUT2D eigenvalue weighted by molar-refractivity contribution is 7.89. The quantitative estimate of drug-likeness (QED) is 0.886. The number of nitrogens with two attached hydrogens (primary N) is 1. The standard InChI is InChI=1S/C14H15N3O3S/c1-10(17-14(18)13-4-2-3-9-16-13)11-5-7-12(8-6-11)21(15,19)20/h2-10H,1H3,(H,17,18)(H2,15,19,20)/t10-/m0/s1. The minimum Gasteiger partial charge on any atom is -0.344 e. The molecular weight excluding hydrogens is 290 g/mol. The lowest BCUT2D eigenvalue weighted by atomic mass is 10.1. The van der Waals surface area contributed by atoms with Crippen molar-refractivity contribution in [2.24, 2.45) is 5.14 Å². The number of benzene rings is 1. The van der Waals surface area contributed by atoms with Crippen LogP contribution in [-0.4, -0.2) is 19.3 Å². The zero-order chi connectivity index (χ0) is 15.5. The number of nitrogens with zero attached hydrogens (tertiary/aromatic N) is 1. The second-order valence-electron chi connectivity index (χ2n) is 4.52. The predicted molar refractivity (Wildman–Crippen MR) is 77.9 cm³/mol. The van der Waals surface area contributed by atoms with E-state index in [0.29, 0.717) is 5.69 Å². The Morgan fingerprint density at radius 1 is 1.19 bits per heavy atom. The van der Waals surface area contributed by atoms with Crippen LogP contribution in [0.25, 0.3) is 0 Å². The van der Waals surface area contributed by atoms with Gasteiger partial charge in [0.2, 0.25) is 10.0 Å². The first-order valence-corrected chi connectivity index (χ1v) is 7.77. The molecule has 0 radical (unpaired) electrons. The summed E-state index contributed by atoms with van der Waals surface area (Å²) in [5.41, 5.74) is 1.09. The molecular formula is C14H15N3O3S. The molecule has 0 spiro atoms. The number of hydrogen-bond donors (Lipinski definition) is 2. The van der Waals surface area contributed by atoms with Gasteiger partial charge in [-0.25, -0.2) is 13.6 Å². The molecule has 0 unspecified atom stereocenters. The van der Waals surface area contributed by atoms with Gasteiger partial charge in [0.05, 0.1) is 10.9 Å². The zero-order valence-electron chi connectivity index (χ0n) is 11.4. The number of carbonyl (C=O) groups excluding carboxylic acids is 1. The lowest BCUT2D eigenvalue weighted by molar-refractivity contribution is 0.0935. The first kappa shape index (κ1) is 15.1. The summed E-state index contributed by atoms with van der Waals surface area (Å²) in [6.07, 6.45) is 1.54. The molecule has 1 aromatic carbocycles. The van der Waals surface area contributed by atoms with Gasteiger partial charge >= 0.3 is 0 Å². The second kappa shape index (κ2) is 6.02. The van der Waals surface area contributed by atoms with Gasteiger partial charge in [-0.05, 0) is 36.8 Å². The van der Waals surface area contributed by atoms with Crippen molar-refractivity contribution in [3.05, 3.63) is 59.9 Å². The highest BCUT2D eigenvalue weighted by atomic mass is 32.2. The van der Waals surface area contributed by atoms with Crippen LogP contribution in [0, 0.1) is 0 Å². The first-order chi connectivity index (χ1) is 9.88. The van der Waals surface area contributed by atoms with Gasteiger partial charge in [0.1, 0.15) is 5.69 Å². The van der Waals surface area contributed by atoms with Crippen molar-refractivity contribution in [3.63, 3.8) is 0 Å². The maximum atomic E-state index is 12.0. The molecule has 6 nitrogen and oxygen atoms in total. The summed E-state index contributed by atoms with van der Waals surface area (Å²) in [5, 5.41) is 7.82. The Balaban J connectivity index is 2.10. The van der Waals surface area contributed by atoms with Crippen LogP contribution in [0.1, 0.15) is 29.0 Å². The summed E-state index contributed by atoms with van der Waals surface area (Å²) in [4.78, 5) is 16.0. The van der Waals surface area contributed by atoms with E-state index in [9.17, 15) is 13.2 Å². The highest BCUT2D eigenvalue weighted by Crippen LogP contribution is 2.15. The van der Waals surface area contributed by atoms with Crippen molar-refractivity contribution in [2.75, 3.05) is 0 Å². The number of pyridine rings is 1. The maximum Gasteiger partial charge on any atom is 0.270 e. The molecule has 0 saturated carbocycles. The van der Waals surface area contributed by atoms with E-state index in [0.717, 1.165) is 5.56 Å². The van der Waals surface area contributed by atoms with Gasteiger partial charge in [-0.3, -0.25) is 9.78 Å². The number of sulfonamides is 1. The summed E-state index contributed by atoms with van der Waals surface area (Å²) in [6, 6.07) is 10.8. The molecule has 0 fully saturated rings. The average molecular weight is 305 g/mol. The third-order valence-electron chi connectivity index (χ3n) is 2.95. The monoisotopic (exact) mass is 305 g/mol. The summed E-state index contributed by atoms with van der Waals surface area (Å²) >= 11 is 0.